The number of benzene rings is 2. The first-order valence-corrected chi connectivity index (χ1v) is 11.3. The minimum absolute atomic E-state index is 0.0161. The van der Waals surface area contributed by atoms with Crippen LogP contribution < -0.4 is 5.32 Å². The zero-order valence-corrected chi connectivity index (χ0v) is 17.7. The van der Waals surface area contributed by atoms with Crippen molar-refractivity contribution in [3.8, 4) is 11.5 Å². The molecule has 9 heteroatoms. The van der Waals surface area contributed by atoms with Gasteiger partial charge in [-0.25, -0.2) is 12.8 Å². The Bertz CT molecular complexity index is 1090. The van der Waals surface area contributed by atoms with Crippen molar-refractivity contribution in [1.82, 2.24) is 4.98 Å². The number of aromatic nitrogens is 1. The molecule has 1 N–H and O–H groups in total. The molecule has 1 aliphatic heterocycles. The van der Waals surface area contributed by atoms with Gasteiger partial charge in [-0.05, 0) is 61.4 Å². The van der Waals surface area contributed by atoms with Gasteiger partial charge in [-0.2, -0.15) is 4.98 Å². The first-order valence-electron chi connectivity index (χ1n) is 9.06. The topological polar surface area (TPSA) is 81.4 Å². The second-order valence-corrected chi connectivity index (χ2v) is 9.41. The van der Waals surface area contributed by atoms with E-state index >= 15 is 0 Å². The molecule has 1 saturated heterocycles. The molecule has 1 unspecified atom stereocenters. The maximum absolute atomic E-state index is 13.2. The lowest BCUT2D eigenvalue weighted by atomic mass is 10.2. The second kappa shape index (κ2) is 8.25. The Labute approximate surface area is 176 Å². The molecule has 2 heterocycles. The van der Waals surface area contributed by atoms with Crippen LogP contribution in [0, 0.1) is 5.82 Å². The number of sulfone groups is 1. The van der Waals surface area contributed by atoms with Crippen molar-refractivity contribution in [2.24, 2.45) is 0 Å². The molecule has 29 heavy (non-hydrogen) atoms. The minimum atomic E-state index is -3.93. The number of anilines is 1. The smallest absolute Gasteiger partial charge is 0.233 e. The summed E-state index contributed by atoms with van der Waals surface area (Å²) in [7, 11) is -3.93. The van der Waals surface area contributed by atoms with E-state index in [1.807, 2.05) is 0 Å². The molecule has 1 atom stereocenters. The summed E-state index contributed by atoms with van der Waals surface area (Å²) in [4.78, 5) is 4.33. The van der Waals surface area contributed by atoms with Gasteiger partial charge >= 0.3 is 0 Å². The van der Waals surface area contributed by atoms with Crippen LogP contribution in [0.4, 0.5) is 10.3 Å². The van der Waals surface area contributed by atoms with Gasteiger partial charge in [0.2, 0.25) is 26.6 Å². The summed E-state index contributed by atoms with van der Waals surface area (Å²) >= 11 is 3.30. The van der Waals surface area contributed by atoms with E-state index in [0.29, 0.717) is 18.7 Å². The standard InChI is InChI=1S/C20H18BrFN2O4S/c21-14-5-9-17(10-6-14)29(25,26)20-19(23-12-16-2-1-11-27-16)28-18(24-20)13-3-7-15(22)8-4-13/h3-10,16,23H,1-2,11-12H2. The highest BCUT2D eigenvalue weighted by Gasteiger charge is 2.29. The maximum atomic E-state index is 13.2. The fourth-order valence-electron chi connectivity index (χ4n) is 3.05. The Hall–Kier alpha value is -2.23. The minimum Gasteiger partial charge on any atom is -0.419 e. The zero-order valence-electron chi connectivity index (χ0n) is 15.3. The number of nitrogens with one attached hydrogen (secondary N) is 1. The Balaban J connectivity index is 1.73. The third-order valence-corrected chi connectivity index (χ3v) is 6.79. The lowest BCUT2D eigenvalue weighted by molar-refractivity contribution is 0.120. The Kier molecular flexibility index (Phi) is 5.71. The van der Waals surface area contributed by atoms with E-state index in [1.54, 1.807) is 12.1 Å². The first kappa shape index (κ1) is 20.1. The van der Waals surface area contributed by atoms with Crippen LogP contribution in [0.25, 0.3) is 11.5 Å². The summed E-state index contributed by atoms with van der Waals surface area (Å²) in [5.41, 5.74) is 0.476. The third-order valence-electron chi connectivity index (χ3n) is 4.58. The van der Waals surface area contributed by atoms with Crippen molar-refractivity contribution < 1.29 is 22.0 Å². The van der Waals surface area contributed by atoms with E-state index in [0.717, 1.165) is 17.3 Å². The Morgan fingerprint density at radius 2 is 1.86 bits per heavy atom. The van der Waals surface area contributed by atoms with Crippen LogP contribution in [0.15, 0.2) is 67.3 Å². The molecule has 0 bridgehead atoms. The van der Waals surface area contributed by atoms with E-state index in [2.05, 4.69) is 26.2 Å². The van der Waals surface area contributed by atoms with E-state index in [4.69, 9.17) is 9.15 Å². The molecule has 1 fully saturated rings. The predicted octanol–water partition coefficient (Wildman–Crippen LogP) is 4.67. The van der Waals surface area contributed by atoms with Gasteiger partial charge in [0.15, 0.2) is 0 Å². The Morgan fingerprint density at radius 3 is 2.52 bits per heavy atom. The van der Waals surface area contributed by atoms with Crippen molar-refractivity contribution >= 4 is 31.7 Å². The highest BCUT2D eigenvalue weighted by molar-refractivity contribution is 9.10. The molecule has 0 spiro atoms. The summed E-state index contributed by atoms with van der Waals surface area (Å²) in [6.45, 7) is 1.09. The quantitative estimate of drug-likeness (QED) is 0.552. The highest BCUT2D eigenvalue weighted by atomic mass is 79.9. The monoisotopic (exact) mass is 480 g/mol. The number of halogens is 2. The number of nitrogens with zero attached hydrogens (tertiary/aromatic N) is 1. The van der Waals surface area contributed by atoms with Crippen LogP contribution >= 0.6 is 15.9 Å². The van der Waals surface area contributed by atoms with Crippen LogP contribution in [-0.2, 0) is 14.6 Å². The van der Waals surface area contributed by atoms with E-state index in [1.165, 1.54) is 36.4 Å². The van der Waals surface area contributed by atoms with Crippen molar-refractivity contribution in [2.75, 3.05) is 18.5 Å². The van der Waals surface area contributed by atoms with E-state index < -0.39 is 15.7 Å². The van der Waals surface area contributed by atoms with Crippen LogP contribution in [0.2, 0.25) is 0 Å². The van der Waals surface area contributed by atoms with Gasteiger partial charge in [0.1, 0.15) is 5.82 Å². The normalized spacial score (nSPS) is 16.8. The molecule has 1 aliphatic rings. The molecule has 0 radical (unpaired) electrons. The Morgan fingerprint density at radius 1 is 1.14 bits per heavy atom. The van der Waals surface area contributed by atoms with Gasteiger partial charge < -0.3 is 14.5 Å². The van der Waals surface area contributed by atoms with Crippen LogP contribution in [0.1, 0.15) is 12.8 Å². The molecular formula is C20H18BrFN2O4S. The predicted molar refractivity (Wildman–Crippen MR) is 109 cm³/mol. The number of hydrogen-bond acceptors (Lipinski definition) is 6. The second-order valence-electron chi connectivity index (χ2n) is 6.63. The van der Waals surface area contributed by atoms with Gasteiger partial charge in [0.25, 0.3) is 0 Å². The van der Waals surface area contributed by atoms with E-state index in [9.17, 15) is 12.8 Å². The largest absolute Gasteiger partial charge is 0.419 e. The molecule has 4 rings (SSSR count). The molecule has 6 nitrogen and oxygen atoms in total. The summed E-state index contributed by atoms with van der Waals surface area (Å²) < 4.78 is 51.7. The first-order chi connectivity index (χ1) is 13.9. The molecule has 0 amide bonds. The molecule has 2 aromatic carbocycles. The van der Waals surface area contributed by atoms with Crippen molar-refractivity contribution in [3.05, 3.63) is 58.8 Å². The van der Waals surface area contributed by atoms with Crippen LogP contribution in [0.3, 0.4) is 0 Å². The molecule has 152 valence electrons. The average Bonchev–Trinajstić information content (AvgIpc) is 3.37. The zero-order chi connectivity index (χ0) is 20.4. The molecular weight excluding hydrogens is 463 g/mol. The fourth-order valence-corrected chi connectivity index (χ4v) is 4.60. The van der Waals surface area contributed by atoms with Gasteiger partial charge in [0.05, 0.1) is 11.0 Å². The number of oxazole rings is 1. The number of rotatable bonds is 6. The van der Waals surface area contributed by atoms with Gasteiger partial charge in [0, 0.05) is 23.2 Å². The third kappa shape index (κ3) is 4.36. The van der Waals surface area contributed by atoms with Crippen molar-refractivity contribution in [2.45, 2.75) is 28.9 Å². The molecule has 0 aliphatic carbocycles. The summed E-state index contributed by atoms with van der Waals surface area (Å²) in [6.07, 6.45) is 1.84. The summed E-state index contributed by atoms with van der Waals surface area (Å²) in [5, 5.41) is 2.82. The average molecular weight is 481 g/mol. The van der Waals surface area contributed by atoms with Gasteiger partial charge in [-0.1, -0.05) is 15.9 Å². The highest BCUT2D eigenvalue weighted by Crippen LogP contribution is 2.33. The van der Waals surface area contributed by atoms with Crippen LogP contribution in [0.5, 0.6) is 0 Å². The van der Waals surface area contributed by atoms with E-state index in [-0.39, 0.29) is 27.8 Å². The SMILES string of the molecule is O=S(=O)(c1ccc(Br)cc1)c1nc(-c2ccc(F)cc2)oc1NCC1CCCO1. The number of ether oxygens (including phenoxy) is 1. The van der Waals surface area contributed by atoms with Crippen molar-refractivity contribution in [3.63, 3.8) is 0 Å². The summed E-state index contributed by atoms with van der Waals surface area (Å²) in [6, 6.07) is 11.8. The summed E-state index contributed by atoms with van der Waals surface area (Å²) in [5.74, 6) is -0.266. The maximum Gasteiger partial charge on any atom is 0.233 e. The van der Waals surface area contributed by atoms with Gasteiger partial charge in [-0.3, -0.25) is 0 Å². The van der Waals surface area contributed by atoms with Crippen molar-refractivity contribution in [1.29, 1.82) is 0 Å². The molecule has 3 aromatic rings. The molecule has 1 aromatic heterocycles. The number of hydrogen-bond donors (Lipinski definition) is 1. The molecule has 0 saturated carbocycles. The lowest BCUT2D eigenvalue weighted by Gasteiger charge is -2.10. The lowest BCUT2D eigenvalue weighted by Crippen LogP contribution is -2.19. The van der Waals surface area contributed by atoms with Crippen LogP contribution in [-0.4, -0.2) is 32.7 Å². The fraction of sp³-hybridized carbons (Fsp3) is 0.250. The van der Waals surface area contributed by atoms with Gasteiger partial charge in [-0.15, -0.1) is 0 Å².